The third kappa shape index (κ3) is 4.08. The van der Waals surface area contributed by atoms with Crippen LogP contribution in [0, 0.1) is 11.8 Å². The van der Waals surface area contributed by atoms with Gasteiger partial charge in [0, 0.05) is 12.6 Å². The standard InChI is InChI=1S/C11H22N2O2/c1-8-4-3-5-9(2)10(8)13-6-7-15-11(12)14/h8-10,13H,3-7H2,1-2H3,(H2,12,14). The highest BCUT2D eigenvalue weighted by atomic mass is 16.5. The lowest BCUT2D eigenvalue weighted by molar-refractivity contribution is 0.147. The molecule has 0 heterocycles. The highest BCUT2D eigenvalue weighted by Gasteiger charge is 2.26. The van der Waals surface area contributed by atoms with Crippen molar-refractivity contribution in [3.63, 3.8) is 0 Å². The molecule has 4 nitrogen and oxygen atoms in total. The Hall–Kier alpha value is -0.770. The molecule has 2 unspecified atom stereocenters. The summed E-state index contributed by atoms with van der Waals surface area (Å²) < 4.78 is 4.68. The van der Waals surface area contributed by atoms with E-state index >= 15 is 0 Å². The fourth-order valence-electron chi connectivity index (χ4n) is 2.46. The Morgan fingerprint density at radius 2 is 2.00 bits per heavy atom. The molecule has 0 radical (unpaired) electrons. The van der Waals surface area contributed by atoms with Gasteiger partial charge in [-0.05, 0) is 24.7 Å². The molecule has 3 N–H and O–H groups in total. The average Bonchev–Trinajstić information content (AvgIpc) is 2.15. The van der Waals surface area contributed by atoms with Crippen LogP contribution < -0.4 is 11.1 Å². The Bertz CT molecular complexity index is 199. The van der Waals surface area contributed by atoms with Gasteiger partial charge in [-0.3, -0.25) is 0 Å². The molecule has 0 aromatic heterocycles. The van der Waals surface area contributed by atoms with Gasteiger partial charge in [-0.1, -0.05) is 20.3 Å². The van der Waals surface area contributed by atoms with Gasteiger partial charge in [0.2, 0.25) is 0 Å². The lowest BCUT2D eigenvalue weighted by atomic mass is 9.79. The number of primary amides is 1. The van der Waals surface area contributed by atoms with E-state index in [2.05, 4.69) is 23.9 Å². The van der Waals surface area contributed by atoms with Crippen molar-refractivity contribution in [2.75, 3.05) is 13.2 Å². The summed E-state index contributed by atoms with van der Waals surface area (Å²) in [6.07, 6.45) is 3.22. The van der Waals surface area contributed by atoms with E-state index < -0.39 is 6.09 Å². The highest BCUT2D eigenvalue weighted by Crippen LogP contribution is 2.28. The number of carbonyl (C=O) groups excluding carboxylic acids is 1. The second-order valence-corrected chi connectivity index (χ2v) is 4.53. The largest absolute Gasteiger partial charge is 0.448 e. The minimum absolute atomic E-state index is 0.366. The van der Waals surface area contributed by atoms with Crippen LogP contribution in [-0.4, -0.2) is 25.3 Å². The SMILES string of the molecule is CC1CCCC(C)C1NCCOC(N)=O. The summed E-state index contributed by atoms with van der Waals surface area (Å²) in [5.41, 5.74) is 4.88. The Balaban J connectivity index is 2.20. The molecule has 2 atom stereocenters. The third-order valence-corrected chi connectivity index (χ3v) is 3.27. The van der Waals surface area contributed by atoms with Gasteiger partial charge in [0.15, 0.2) is 0 Å². The van der Waals surface area contributed by atoms with E-state index in [9.17, 15) is 4.79 Å². The van der Waals surface area contributed by atoms with Gasteiger partial charge in [0.05, 0.1) is 0 Å². The van der Waals surface area contributed by atoms with Crippen LogP contribution in [0.25, 0.3) is 0 Å². The summed E-state index contributed by atoms with van der Waals surface area (Å²) in [5, 5.41) is 3.44. The summed E-state index contributed by atoms with van der Waals surface area (Å²) >= 11 is 0. The molecule has 1 rings (SSSR count). The zero-order valence-electron chi connectivity index (χ0n) is 9.66. The van der Waals surface area contributed by atoms with Crippen molar-refractivity contribution < 1.29 is 9.53 Å². The first kappa shape index (κ1) is 12.3. The fraction of sp³-hybridized carbons (Fsp3) is 0.909. The van der Waals surface area contributed by atoms with Crippen LogP contribution in [0.1, 0.15) is 33.1 Å². The van der Waals surface area contributed by atoms with Crippen molar-refractivity contribution in [2.45, 2.75) is 39.2 Å². The number of hydrogen-bond donors (Lipinski definition) is 2. The summed E-state index contributed by atoms with van der Waals surface area (Å²) in [6.45, 7) is 5.62. The predicted octanol–water partition coefficient (Wildman–Crippen LogP) is 1.50. The second-order valence-electron chi connectivity index (χ2n) is 4.53. The first-order chi connectivity index (χ1) is 7.11. The zero-order chi connectivity index (χ0) is 11.3. The Labute approximate surface area is 91.5 Å². The van der Waals surface area contributed by atoms with Crippen LogP contribution in [0.15, 0.2) is 0 Å². The molecule has 1 amide bonds. The molecule has 1 aliphatic rings. The van der Waals surface area contributed by atoms with Crippen LogP contribution in [-0.2, 0) is 4.74 Å². The molecule has 0 aromatic rings. The van der Waals surface area contributed by atoms with Crippen LogP contribution in [0.4, 0.5) is 4.79 Å². The minimum atomic E-state index is -0.693. The fourth-order valence-corrected chi connectivity index (χ4v) is 2.46. The molecule has 1 aliphatic carbocycles. The second kappa shape index (κ2) is 5.95. The molecule has 88 valence electrons. The molecule has 1 saturated carbocycles. The number of ether oxygens (including phenoxy) is 1. The Kier molecular flexibility index (Phi) is 4.88. The molecule has 15 heavy (non-hydrogen) atoms. The maximum absolute atomic E-state index is 10.4. The average molecular weight is 214 g/mol. The number of nitrogens with two attached hydrogens (primary N) is 1. The first-order valence-electron chi connectivity index (χ1n) is 5.77. The lowest BCUT2D eigenvalue weighted by Crippen LogP contribution is -2.44. The maximum Gasteiger partial charge on any atom is 0.404 e. The number of hydrogen-bond acceptors (Lipinski definition) is 3. The van der Waals surface area contributed by atoms with Crippen LogP contribution in [0.5, 0.6) is 0 Å². The maximum atomic E-state index is 10.4. The summed E-state index contributed by atoms with van der Waals surface area (Å²) in [6, 6.07) is 0.551. The minimum Gasteiger partial charge on any atom is -0.448 e. The van der Waals surface area contributed by atoms with Crippen LogP contribution in [0.2, 0.25) is 0 Å². The van der Waals surface area contributed by atoms with Gasteiger partial charge in [-0.2, -0.15) is 0 Å². The quantitative estimate of drug-likeness (QED) is 0.697. The number of carbonyl (C=O) groups is 1. The van der Waals surface area contributed by atoms with Crippen molar-refractivity contribution >= 4 is 6.09 Å². The van der Waals surface area contributed by atoms with Gasteiger partial charge >= 0.3 is 6.09 Å². The Morgan fingerprint density at radius 3 is 2.53 bits per heavy atom. The van der Waals surface area contributed by atoms with E-state index in [1.54, 1.807) is 0 Å². The van der Waals surface area contributed by atoms with Crippen molar-refractivity contribution in [3.8, 4) is 0 Å². The van der Waals surface area contributed by atoms with Gasteiger partial charge in [0.25, 0.3) is 0 Å². The van der Waals surface area contributed by atoms with E-state index in [1.807, 2.05) is 0 Å². The molecule has 0 aromatic carbocycles. The zero-order valence-corrected chi connectivity index (χ0v) is 9.66. The van der Waals surface area contributed by atoms with Crippen LogP contribution in [0.3, 0.4) is 0 Å². The molecular formula is C11H22N2O2. The first-order valence-corrected chi connectivity index (χ1v) is 5.77. The monoisotopic (exact) mass is 214 g/mol. The van der Waals surface area contributed by atoms with Gasteiger partial charge in [-0.25, -0.2) is 4.79 Å². The summed E-state index contributed by atoms with van der Waals surface area (Å²) in [4.78, 5) is 10.4. The van der Waals surface area contributed by atoms with E-state index in [1.165, 1.54) is 19.3 Å². The van der Waals surface area contributed by atoms with Crippen molar-refractivity contribution in [1.82, 2.24) is 5.32 Å². The highest BCUT2D eigenvalue weighted by molar-refractivity contribution is 5.64. The van der Waals surface area contributed by atoms with Gasteiger partial charge in [-0.15, -0.1) is 0 Å². The molecule has 0 spiro atoms. The predicted molar refractivity (Wildman–Crippen MR) is 59.5 cm³/mol. The van der Waals surface area contributed by atoms with Gasteiger partial charge < -0.3 is 15.8 Å². The number of amides is 1. The Morgan fingerprint density at radius 1 is 1.40 bits per heavy atom. The smallest absolute Gasteiger partial charge is 0.404 e. The van der Waals surface area contributed by atoms with Crippen LogP contribution >= 0.6 is 0 Å². The molecule has 0 saturated heterocycles. The van der Waals surface area contributed by atoms with E-state index in [0.29, 0.717) is 31.0 Å². The van der Waals surface area contributed by atoms with Crippen molar-refractivity contribution in [1.29, 1.82) is 0 Å². The van der Waals surface area contributed by atoms with Gasteiger partial charge in [0.1, 0.15) is 6.61 Å². The topological polar surface area (TPSA) is 64.3 Å². The number of rotatable bonds is 4. The number of nitrogens with one attached hydrogen (secondary N) is 1. The molecule has 1 fully saturated rings. The van der Waals surface area contributed by atoms with E-state index in [0.717, 1.165) is 0 Å². The molecular weight excluding hydrogens is 192 g/mol. The van der Waals surface area contributed by atoms with Crippen molar-refractivity contribution in [3.05, 3.63) is 0 Å². The molecule has 0 bridgehead atoms. The lowest BCUT2D eigenvalue weighted by Gasteiger charge is -2.35. The summed E-state index contributed by atoms with van der Waals surface area (Å²) in [7, 11) is 0. The summed E-state index contributed by atoms with van der Waals surface area (Å²) in [5.74, 6) is 1.42. The normalized spacial score (nSPS) is 31.2. The van der Waals surface area contributed by atoms with Crippen molar-refractivity contribution in [2.24, 2.45) is 17.6 Å². The molecule has 4 heteroatoms. The molecule has 0 aliphatic heterocycles. The van der Waals surface area contributed by atoms with E-state index in [-0.39, 0.29) is 0 Å². The third-order valence-electron chi connectivity index (χ3n) is 3.27. The van der Waals surface area contributed by atoms with E-state index in [4.69, 9.17) is 5.73 Å².